The molecule has 6 heteroatoms. The predicted octanol–water partition coefficient (Wildman–Crippen LogP) is 4.67. The minimum atomic E-state index is -0.722. The molecule has 0 radical (unpaired) electrons. The van der Waals surface area contributed by atoms with Gasteiger partial charge in [0.15, 0.2) is 16.6 Å². The average Bonchev–Trinajstić information content (AvgIpc) is 3.21. The van der Waals surface area contributed by atoms with Crippen LogP contribution in [0.1, 0.15) is 5.56 Å². The number of aromatic nitrogens is 1. The van der Waals surface area contributed by atoms with Gasteiger partial charge in [-0.05, 0) is 29.8 Å². The van der Waals surface area contributed by atoms with Gasteiger partial charge in [0.2, 0.25) is 6.10 Å². The van der Waals surface area contributed by atoms with Crippen molar-refractivity contribution in [2.75, 3.05) is 11.5 Å². The molecule has 2 heterocycles. The fourth-order valence-corrected chi connectivity index (χ4v) is 4.27. The van der Waals surface area contributed by atoms with Crippen LogP contribution in [-0.2, 0) is 11.3 Å². The van der Waals surface area contributed by atoms with Crippen LogP contribution in [0, 0.1) is 0 Å². The van der Waals surface area contributed by atoms with Crippen molar-refractivity contribution in [3.8, 4) is 11.5 Å². The minimum Gasteiger partial charge on any atom is -0.485 e. The number of para-hydroxylation sites is 3. The molecule has 1 aliphatic heterocycles. The Morgan fingerprint density at radius 2 is 1.69 bits per heavy atom. The molecule has 5 rings (SSSR count). The quantitative estimate of drug-likeness (QED) is 0.498. The number of ether oxygens (including phenoxy) is 2. The van der Waals surface area contributed by atoms with E-state index in [-0.39, 0.29) is 12.5 Å². The first-order valence-electron chi connectivity index (χ1n) is 9.37. The molecule has 0 saturated carbocycles. The highest BCUT2D eigenvalue weighted by Crippen LogP contribution is 2.34. The van der Waals surface area contributed by atoms with E-state index < -0.39 is 6.10 Å². The normalized spacial score (nSPS) is 15.2. The van der Waals surface area contributed by atoms with Gasteiger partial charge >= 0.3 is 0 Å². The van der Waals surface area contributed by atoms with Gasteiger partial charge in [0, 0.05) is 0 Å². The maximum absolute atomic E-state index is 13.5. The number of carbonyl (C=O) groups excluding carboxylic acids is 1. The third-order valence-electron chi connectivity index (χ3n) is 4.75. The summed E-state index contributed by atoms with van der Waals surface area (Å²) in [6.07, 6.45) is -0.722. The van der Waals surface area contributed by atoms with Crippen LogP contribution < -0.4 is 14.4 Å². The van der Waals surface area contributed by atoms with Crippen LogP contribution in [-0.4, -0.2) is 23.6 Å². The van der Waals surface area contributed by atoms with E-state index in [0.717, 1.165) is 15.8 Å². The van der Waals surface area contributed by atoms with Crippen molar-refractivity contribution < 1.29 is 14.3 Å². The molecule has 1 aromatic heterocycles. The van der Waals surface area contributed by atoms with E-state index in [1.165, 1.54) is 11.3 Å². The molecule has 5 nitrogen and oxygen atoms in total. The Kier molecular flexibility index (Phi) is 4.62. The SMILES string of the molecule is O=C([C@@H]1COc2ccccc2O1)N(Cc1ccccc1)c1nc2ccccc2s1. The Morgan fingerprint density at radius 1 is 0.966 bits per heavy atom. The molecule has 1 amide bonds. The number of thiazole rings is 1. The van der Waals surface area contributed by atoms with Crippen molar-refractivity contribution >= 4 is 32.6 Å². The number of hydrogen-bond donors (Lipinski definition) is 0. The van der Waals surface area contributed by atoms with Crippen LogP contribution in [0.2, 0.25) is 0 Å². The zero-order chi connectivity index (χ0) is 19.6. The Morgan fingerprint density at radius 3 is 2.52 bits per heavy atom. The van der Waals surface area contributed by atoms with Gasteiger partial charge in [-0.25, -0.2) is 4.98 Å². The first-order chi connectivity index (χ1) is 14.3. The standard InChI is InChI=1S/C23H18N2O3S/c26-22(20-15-27-18-11-5-6-12-19(18)28-20)25(14-16-8-2-1-3-9-16)23-24-17-10-4-7-13-21(17)29-23/h1-13,20H,14-15H2/t20-/m0/s1. The summed E-state index contributed by atoms with van der Waals surface area (Å²) >= 11 is 1.50. The zero-order valence-corrected chi connectivity index (χ0v) is 16.3. The van der Waals surface area contributed by atoms with E-state index in [2.05, 4.69) is 0 Å². The van der Waals surface area contributed by atoms with Gasteiger partial charge in [-0.15, -0.1) is 0 Å². The highest BCUT2D eigenvalue weighted by Gasteiger charge is 2.33. The minimum absolute atomic E-state index is 0.164. The monoisotopic (exact) mass is 402 g/mol. The van der Waals surface area contributed by atoms with Crippen molar-refractivity contribution in [1.82, 2.24) is 4.98 Å². The molecule has 1 aliphatic rings. The van der Waals surface area contributed by atoms with Gasteiger partial charge in [-0.2, -0.15) is 0 Å². The summed E-state index contributed by atoms with van der Waals surface area (Å²) in [6, 6.07) is 25.2. The van der Waals surface area contributed by atoms with Crippen LogP contribution >= 0.6 is 11.3 Å². The summed E-state index contributed by atoms with van der Waals surface area (Å²) in [5.74, 6) is 1.08. The zero-order valence-electron chi connectivity index (χ0n) is 15.5. The lowest BCUT2D eigenvalue weighted by Crippen LogP contribution is -2.46. The van der Waals surface area contributed by atoms with Gasteiger partial charge in [0.05, 0.1) is 16.8 Å². The van der Waals surface area contributed by atoms with Crippen LogP contribution in [0.5, 0.6) is 11.5 Å². The van der Waals surface area contributed by atoms with Gasteiger partial charge in [0.25, 0.3) is 5.91 Å². The molecule has 0 fully saturated rings. The van der Waals surface area contributed by atoms with Gasteiger partial charge in [-0.3, -0.25) is 9.69 Å². The maximum Gasteiger partial charge on any atom is 0.273 e. The molecule has 0 aliphatic carbocycles. The molecule has 0 unspecified atom stereocenters. The Bertz CT molecular complexity index is 1130. The molecule has 1 atom stereocenters. The molecule has 29 heavy (non-hydrogen) atoms. The second-order valence-electron chi connectivity index (χ2n) is 6.74. The fraction of sp³-hybridized carbons (Fsp3) is 0.130. The first kappa shape index (κ1) is 17.7. The van der Waals surface area contributed by atoms with Gasteiger partial charge in [0.1, 0.15) is 6.61 Å². The summed E-state index contributed by atoms with van der Waals surface area (Å²) < 4.78 is 12.8. The van der Waals surface area contributed by atoms with E-state index in [0.29, 0.717) is 23.2 Å². The van der Waals surface area contributed by atoms with Crippen LogP contribution in [0.3, 0.4) is 0 Å². The summed E-state index contributed by atoms with van der Waals surface area (Å²) in [7, 11) is 0. The number of nitrogens with zero attached hydrogens (tertiary/aromatic N) is 2. The molecule has 144 valence electrons. The topological polar surface area (TPSA) is 51.7 Å². The molecule has 0 bridgehead atoms. The third-order valence-corrected chi connectivity index (χ3v) is 5.81. The highest BCUT2D eigenvalue weighted by atomic mass is 32.1. The number of carbonyl (C=O) groups is 1. The van der Waals surface area contributed by atoms with E-state index in [1.54, 1.807) is 4.90 Å². The van der Waals surface area contributed by atoms with E-state index in [9.17, 15) is 4.79 Å². The second kappa shape index (κ2) is 7.56. The number of amides is 1. The van der Waals surface area contributed by atoms with E-state index in [4.69, 9.17) is 14.5 Å². The largest absolute Gasteiger partial charge is 0.485 e. The lowest BCUT2D eigenvalue weighted by molar-refractivity contribution is -0.127. The number of fused-ring (bicyclic) bond motifs is 2. The molecular formula is C23H18N2O3S. The third kappa shape index (κ3) is 3.54. The fourth-order valence-electron chi connectivity index (χ4n) is 3.30. The smallest absolute Gasteiger partial charge is 0.273 e. The van der Waals surface area contributed by atoms with Crippen molar-refractivity contribution in [2.45, 2.75) is 12.6 Å². The molecule has 4 aromatic rings. The van der Waals surface area contributed by atoms with Crippen LogP contribution in [0.4, 0.5) is 5.13 Å². The van der Waals surface area contributed by atoms with E-state index >= 15 is 0 Å². The summed E-state index contributed by atoms with van der Waals surface area (Å²) in [6.45, 7) is 0.590. The Hall–Kier alpha value is -3.38. The Balaban J connectivity index is 1.48. The summed E-state index contributed by atoms with van der Waals surface area (Å²) in [5, 5.41) is 0.655. The lowest BCUT2D eigenvalue weighted by atomic mass is 10.2. The van der Waals surface area contributed by atoms with Crippen molar-refractivity contribution in [3.05, 3.63) is 84.4 Å². The molecular weight excluding hydrogens is 384 g/mol. The number of benzene rings is 3. The van der Waals surface area contributed by atoms with E-state index in [1.807, 2.05) is 78.9 Å². The van der Waals surface area contributed by atoms with Gasteiger partial charge in [-0.1, -0.05) is 65.9 Å². The first-order valence-corrected chi connectivity index (χ1v) is 10.2. The van der Waals surface area contributed by atoms with Gasteiger partial charge < -0.3 is 9.47 Å². The van der Waals surface area contributed by atoms with Crippen LogP contribution in [0.25, 0.3) is 10.2 Å². The number of anilines is 1. The molecule has 3 aromatic carbocycles. The highest BCUT2D eigenvalue weighted by molar-refractivity contribution is 7.22. The van der Waals surface area contributed by atoms with Crippen molar-refractivity contribution in [3.63, 3.8) is 0 Å². The second-order valence-corrected chi connectivity index (χ2v) is 7.75. The summed E-state index contributed by atoms with van der Waals surface area (Å²) in [4.78, 5) is 19.9. The summed E-state index contributed by atoms with van der Waals surface area (Å²) in [5.41, 5.74) is 1.90. The number of rotatable bonds is 4. The van der Waals surface area contributed by atoms with Crippen molar-refractivity contribution in [1.29, 1.82) is 0 Å². The Labute approximate surface area is 172 Å². The van der Waals surface area contributed by atoms with Crippen LogP contribution in [0.15, 0.2) is 78.9 Å². The average molecular weight is 402 g/mol. The maximum atomic E-state index is 13.5. The van der Waals surface area contributed by atoms with Crippen molar-refractivity contribution in [2.24, 2.45) is 0 Å². The number of hydrogen-bond acceptors (Lipinski definition) is 5. The lowest BCUT2D eigenvalue weighted by Gasteiger charge is -2.29. The molecule has 0 saturated heterocycles. The molecule has 0 spiro atoms. The molecule has 0 N–H and O–H groups in total. The predicted molar refractivity (Wildman–Crippen MR) is 114 cm³/mol.